The van der Waals surface area contributed by atoms with E-state index in [1.165, 1.54) is 7.11 Å². The van der Waals surface area contributed by atoms with E-state index < -0.39 is 53.7 Å². The summed E-state index contributed by atoms with van der Waals surface area (Å²) in [6.07, 6.45) is -7.18. The highest BCUT2D eigenvalue weighted by atomic mass is 32.3. The van der Waals surface area contributed by atoms with E-state index in [9.17, 15) is 13.6 Å². The van der Waals surface area contributed by atoms with Crippen molar-refractivity contribution < 1.29 is 50.4 Å². The molecule has 0 aliphatic carbocycles. The van der Waals surface area contributed by atoms with Crippen molar-refractivity contribution in [3.05, 3.63) is 96.1 Å². The quantitative estimate of drug-likeness (QED) is 0.228. The topological polar surface area (TPSA) is 154 Å². The van der Waals surface area contributed by atoms with Gasteiger partial charge in [-0.2, -0.15) is 5.90 Å². The Morgan fingerprint density at radius 1 is 0.900 bits per heavy atom. The molecule has 13 heteroatoms. The summed E-state index contributed by atoms with van der Waals surface area (Å²) in [7, 11) is -3.23. The van der Waals surface area contributed by atoms with Crippen LogP contribution in [0.25, 0.3) is 0 Å². The lowest BCUT2D eigenvalue weighted by Crippen LogP contribution is -2.65. The number of fused-ring (bicyclic) bond motifs is 1. The van der Waals surface area contributed by atoms with Crippen LogP contribution < -0.4 is 15.4 Å². The Labute approximate surface area is 231 Å². The molecule has 0 bridgehead atoms. The van der Waals surface area contributed by atoms with Crippen LogP contribution in [0.3, 0.4) is 0 Å². The molecule has 2 saturated heterocycles. The molecule has 211 valence electrons. The van der Waals surface area contributed by atoms with Crippen molar-refractivity contribution >= 4 is 16.7 Å². The number of carbonyl (C=O) groups excluding carboxylic acids is 1. The van der Waals surface area contributed by atoms with Crippen LogP contribution in [-0.4, -0.2) is 50.4 Å². The largest absolute Gasteiger partial charge is 0.564 e. The maximum absolute atomic E-state index is 13.1. The normalized spacial score (nSPS) is 27.6. The number of methoxy groups -OCH3 is 1. The van der Waals surface area contributed by atoms with Gasteiger partial charge < -0.3 is 28.4 Å². The minimum Gasteiger partial charge on any atom is -0.497 e. The van der Waals surface area contributed by atoms with Gasteiger partial charge in [0.15, 0.2) is 18.5 Å². The van der Waals surface area contributed by atoms with Gasteiger partial charge in [0.1, 0.15) is 28.3 Å². The average molecular weight is 574 g/mol. The smallest absolute Gasteiger partial charge is 0.497 e. The van der Waals surface area contributed by atoms with Gasteiger partial charge in [0.25, 0.3) is 0 Å². The maximum atomic E-state index is 13.1. The molecule has 7 atom stereocenters. The molecule has 40 heavy (non-hydrogen) atoms. The summed E-state index contributed by atoms with van der Waals surface area (Å²) in [5.41, 5.74) is 0.881. The molecule has 2 heterocycles. The van der Waals surface area contributed by atoms with Crippen LogP contribution >= 0.6 is 0 Å². The molecular formula is C27H27NO11S+. The third-order valence-electron chi connectivity index (χ3n) is 6.27. The molecule has 3 aromatic carbocycles. The zero-order chi connectivity index (χ0) is 28.1. The summed E-state index contributed by atoms with van der Waals surface area (Å²) in [4.78, 5) is 13.1. The first kappa shape index (κ1) is 28.1. The first-order chi connectivity index (χ1) is 19.4. The Kier molecular flexibility index (Phi) is 8.73. The zero-order valence-corrected chi connectivity index (χ0v) is 22.0. The van der Waals surface area contributed by atoms with Gasteiger partial charge in [0.05, 0.1) is 19.3 Å². The van der Waals surface area contributed by atoms with Gasteiger partial charge in [-0.25, -0.2) is 4.79 Å². The summed E-state index contributed by atoms with van der Waals surface area (Å²) >= 11 is 0. The lowest BCUT2D eigenvalue weighted by Gasteiger charge is -2.46. The van der Waals surface area contributed by atoms with Crippen molar-refractivity contribution in [1.82, 2.24) is 0 Å². The van der Waals surface area contributed by atoms with Crippen molar-refractivity contribution in [2.75, 3.05) is 13.7 Å². The molecule has 2 aliphatic rings. The van der Waals surface area contributed by atoms with E-state index in [-0.39, 0.29) is 12.2 Å². The standard InChI is InChI=1S/C27H27NO11S/c1-32-19-12-14-20(15-13-19)34-27-24(36-25(29)17-8-4-2-5-9-17)23(38-40(30,31)39-28)22-21(35-27)16-33-26(37-22)18-10-6-3-7-11-18/h2-15,21-24,26-27H,16,28H2,1H3/q+1/t21-,22+,23+,24-,26-,27-/m1/s1. The molecule has 2 N–H and O–H groups in total. The Morgan fingerprint density at radius 2 is 1.55 bits per heavy atom. The van der Waals surface area contributed by atoms with Crippen LogP contribution in [0.1, 0.15) is 22.2 Å². The number of hydrogen-bond acceptors (Lipinski definition) is 11. The molecule has 0 amide bonds. The molecule has 1 unspecified atom stereocenters. The summed E-state index contributed by atoms with van der Waals surface area (Å²) in [5.74, 6) is 5.10. The molecule has 0 aromatic heterocycles. The first-order valence-corrected chi connectivity index (χ1v) is 13.6. The third-order valence-corrected chi connectivity index (χ3v) is 6.96. The van der Waals surface area contributed by atoms with Crippen LogP contribution in [0.15, 0.2) is 84.9 Å². The minimum atomic E-state index is -4.75. The van der Waals surface area contributed by atoms with Gasteiger partial charge in [-0.15, -0.1) is 4.18 Å². The highest BCUT2D eigenvalue weighted by molar-refractivity contribution is 7.88. The van der Waals surface area contributed by atoms with Crippen LogP contribution in [0.5, 0.6) is 11.5 Å². The molecule has 2 fully saturated rings. The number of carbonyl (C=O) groups is 1. The van der Waals surface area contributed by atoms with E-state index in [0.717, 1.165) is 0 Å². The molecule has 3 aromatic rings. The fourth-order valence-corrected chi connectivity index (χ4v) is 4.91. The van der Waals surface area contributed by atoms with Crippen LogP contribution in [0.4, 0.5) is 0 Å². The van der Waals surface area contributed by atoms with E-state index in [1.807, 2.05) is 6.07 Å². The lowest BCUT2D eigenvalue weighted by atomic mass is 9.97. The van der Waals surface area contributed by atoms with E-state index in [4.69, 9.17) is 38.5 Å². The lowest BCUT2D eigenvalue weighted by molar-refractivity contribution is -0.346. The summed E-state index contributed by atoms with van der Waals surface area (Å²) in [6, 6.07) is 23.7. The van der Waals surface area contributed by atoms with E-state index in [0.29, 0.717) is 17.1 Å². The highest BCUT2D eigenvalue weighted by Gasteiger charge is 2.58. The zero-order valence-electron chi connectivity index (χ0n) is 21.2. The molecule has 0 spiro atoms. The molecule has 5 rings (SSSR count). The molecular weight excluding hydrogens is 546 g/mol. The highest BCUT2D eigenvalue weighted by Crippen LogP contribution is 2.38. The molecule has 1 radical (unpaired) electrons. The van der Waals surface area contributed by atoms with Crippen LogP contribution in [0.2, 0.25) is 0 Å². The monoisotopic (exact) mass is 573 g/mol. The van der Waals surface area contributed by atoms with Gasteiger partial charge in [0.2, 0.25) is 6.29 Å². The van der Waals surface area contributed by atoms with E-state index in [2.05, 4.69) is 4.28 Å². The summed E-state index contributed by atoms with van der Waals surface area (Å²) in [5, 5.41) is 0. The van der Waals surface area contributed by atoms with E-state index >= 15 is 0 Å². The summed E-state index contributed by atoms with van der Waals surface area (Å²) in [6.45, 7) is -0.0184. The minimum absolute atomic E-state index is 0.0184. The first-order valence-electron chi connectivity index (χ1n) is 12.2. The van der Waals surface area contributed by atoms with Gasteiger partial charge in [0, 0.05) is 9.77 Å². The van der Waals surface area contributed by atoms with Gasteiger partial charge in [-0.05, 0) is 40.7 Å². The van der Waals surface area contributed by atoms with Crippen molar-refractivity contribution in [1.29, 1.82) is 0 Å². The number of rotatable bonds is 9. The van der Waals surface area contributed by atoms with Crippen LogP contribution in [-0.2, 0) is 47.0 Å². The predicted octanol–water partition coefficient (Wildman–Crippen LogP) is 3.09. The third kappa shape index (κ3) is 6.49. The van der Waals surface area contributed by atoms with Crippen molar-refractivity contribution in [3.63, 3.8) is 0 Å². The fraction of sp³-hybridized carbons (Fsp3) is 0.296. The predicted molar refractivity (Wildman–Crippen MR) is 137 cm³/mol. The fourth-order valence-electron chi connectivity index (χ4n) is 4.37. The van der Waals surface area contributed by atoms with Crippen LogP contribution in [0, 0.1) is 0 Å². The Bertz CT molecular complexity index is 1310. The van der Waals surface area contributed by atoms with Gasteiger partial charge in [-0.1, -0.05) is 48.5 Å². The second-order valence-electron chi connectivity index (χ2n) is 8.81. The Morgan fingerprint density at radius 3 is 2.20 bits per heavy atom. The Hall–Kier alpha value is -3.40. The van der Waals surface area contributed by atoms with Gasteiger partial charge >= 0.3 is 16.7 Å². The number of benzene rings is 3. The van der Waals surface area contributed by atoms with E-state index in [1.54, 1.807) is 78.9 Å². The molecule has 2 aliphatic heterocycles. The SMILES string of the molecule is COc1ccc(O[C@@H]2O[C@@H]3CO[C@@H](c4ccccc4)O[C@@H]3[C@H](O[S+]([O])(=O)ON)[C@H]2OC(=O)c2ccccc2)cc1. The number of nitrogens with two attached hydrogens (primary N) is 1. The second kappa shape index (κ2) is 12.4. The molecule has 12 nitrogen and oxygen atoms in total. The number of ether oxygens (including phenoxy) is 6. The summed E-state index contributed by atoms with van der Waals surface area (Å²) < 4.78 is 69.4. The van der Waals surface area contributed by atoms with Crippen molar-refractivity contribution in [2.45, 2.75) is 37.0 Å². The van der Waals surface area contributed by atoms with Crippen molar-refractivity contribution in [3.8, 4) is 11.5 Å². The van der Waals surface area contributed by atoms with Crippen molar-refractivity contribution in [2.24, 2.45) is 5.90 Å². The Balaban J connectivity index is 1.49. The second-order valence-corrected chi connectivity index (χ2v) is 10.0. The number of hydrogen-bond donors (Lipinski definition) is 1. The molecule has 0 saturated carbocycles. The van der Waals surface area contributed by atoms with Gasteiger partial charge in [-0.3, -0.25) is 0 Å². The average Bonchev–Trinajstić information content (AvgIpc) is 2.99. The number of esters is 1. The maximum Gasteiger partial charge on any atom is 0.564 e.